The van der Waals surface area contributed by atoms with Crippen molar-refractivity contribution in [3.63, 3.8) is 0 Å². The van der Waals surface area contributed by atoms with E-state index in [1.54, 1.807) is 11.8 Å². The van der Waals surface area contributed by atoms with Crippen LogP contribution in [0.15, 0.2) is 29.2 Å². The number of rotatable bonds is 2. The molecule has 110 valence electrons. The molecule has 2 unspecified atom stereocenters. The third kappa shape index (κ3) is 2.92. The van der Waals surface area contributed by atoms with Crippen LogP contribution in [0.1, 0.15) is 12.5 Å². The minimum absolute atomic E-state index is 0.0299. The van der Waals surface area contributed by atoms with E-state index < -0.39 is 0 Å². The molecular weight excluding hydrogens is 282 g/mol. The van der Waals surface area contributed by atoms with Crippen LogP contribution in [-0.4, -0.2) is 53.2 Å². The Morgan fingerprint density at radius 2 is 2.05 bits per heavy atom. The molecule has 5 heteroatoms. The zero-order chi connectivity index (χ0) is 14.8. The molecule has 2 aliphatic rings. The van der Waals surface area contributed by atoms with Crippen molar-refractivity contribution in [1.29, 1.82) is 5.26 Å². The van der Waals surface area contributed by atoms with Crippen molar-refractivity contribution in [2.45, 2.75) is 29.5 Å². The summed E-state index contributed by atoms with van der Waals surface area (Å²) in [7, 11) is 0. The number of carbonyl (C=O) groups excluding carboxylic acids is 1. The van der Waals surface area contributed by atoms with Crippen molar-refractivity contribution in [1.82, 2.24) is 9.80 Å². The molecule has 2 heterocycles. The number of hydrogen-bond acceptors (Lipinski definition) is 4. The van der Waals surface area contributed by atoms with Crippen LogP contribution in [0.25, 0.3) is 0 Å². The van der Waals surface area contributed by atoms with Crippen molar-refractivity contribution in [2.24, 2.45) is 0 Å². The van der Waals surface area contributed by atoms with Crippen molar-refractivity contribution in [3.05, 3.63) is 29.8 Å². The first-order chi connectivity index (χ1) is 10.2. The van der Waals surface area contributed by atoms with Crippen LogP contribution < -0.4 is 0 Å². The number of thioether (sulfide) groups is 1. The van der Waals surface area contributed by atoms with Crippen molar-refractivity contribution in [2.75, 3.05) is 26.2 Å². The van der Waals surface area contributed by atoms with Gasteiger partial charge in [-0.2, -0.15) is 5.26 Å². The zero-order valence-corrected chi connectivity index (χ0v) is 13.0. The largest absolute Gasteiger partial charge is 0.339 e. The summed E-state index contributed by atoms with van der Waals surface area (Å²) in [6.45, 7) is 4.98. The Labute approximate surface area is 129 Å². The lowest BCUT2D eigenvalue weighted by atomic mass is 10.1. The summed E-state index contributed by atoms with van der Waals surface area (Å²) in [5.74, 6) is 0.250. The van der Waals surface area contributed by atoms with E-state index in [-0.39, 0.29) is 17.2 Å². The first-order valence-electron chi connectivity index (χ1n) is 7.36. The van der Waals surface area contributed by atoms with E-state index in [4.69, 9.17) is 5.26 Å². The van der Waals surface area contributed by atoms with E-state index >= 15 is 0 Å². The number of hydrogen-bond donors (Lipinski definition) is 0. The summed E-state index contributed by atoms with van der Waals surface area (Å²) in [6.07, 6.45) is 0.842. The number of benzene rings is 1. The van der Waals surface area contributed by atoms with Crippen molar-refractivity contribution >= 4 is 17.7 Å². The molecule has 0 aliphatic carbocycles. The fourth-order valence-electron chi connectivity index (χ4n) is 2.93. The van der Waals surface area contributed by atoms with Crippen LogP contribution in [0.3, 0.4) is 0 Å². The Morgan fingerprint density at radius 1 is 1.33 bits per heavy atom. The highest BCUT2D eigenvalue weighted by molar-refractivity contribution is 8.01. The number of amides is 1. The smallest absolute Gasteiger partial charge is 0.236 e. The molecule has 2 atom stereocenters. The van der Waals surface area contributed by atoms with Gasteiger partial charge in [-0.25, -0.2) is 0 Å². The van der Waals surface area contributed by atoms with Crippen LogP contribution in [0.4, 0.5) is 0 Å². The minimum Gasteiger partial charge on any atom is -0.339 e. The molecule has 1 aromatic rings. The third-order valence-corrected chi connectivity index (χ3v) is 5.59. The monoisotopic (exact) mass is 301 g/mol. The Bertz CT molecular complexity index is 550. The summed E-state index contributed by atoms with van der Waals surface area (Å²) in [4.78, 5) is 18.0. The molecule has 0 N–H and O–H groups in total. The maximum absolute atomic E-state index is 12.6. The van der Waals surface area contributed by atoms with Gasteiger partial charge in [-0.3, -0.25) is 9.69 Å². The molecule has 0 saturated carbocycles. The summed E-state index contributed by atoms with van der Waals surface area (Å²) >= 11 is 1.69. The van der Waals surface area contributed by atoms with Crippen molar-refractivity contribution in [3.8, 4) is 6.07 Å². The number of piperazine rings is 1. The highest BCUT2D eigenvalue weighted by atomic mass is 32.2. The average Bonchev–Trinajstić information content (AvgIpc) is 2.97. The van der Waals surface area contributed by atoms with Gasteiger partial charge in [0.15, 0.2) is 0 Å². The lowest BCUT2D eigenvalue weighted by Crippen LogP contribution is -2.52. The Balaban J connectivity index is 1.58. The van der Waals surface area contributed by atoms with Gasteiger partial charge in [0.05, 0.1) is 17.4 Å². The van der Waals surface area contributed by atoms with E-state index in [2.05, 4.69) is 23.1 Å². The van der Waals surface area contributed by atoms with Gasteiger partial charge in [0.2, 0.25) is 5.91 Å². The first-order valence-corrected chi connectivity index (χ1v) is 8.24. The predicted molar refractivity (Wildman–Crippen MR) is 83.0 cm³/mol. The maximum atomic E-state index is 12.6. The second-order valence-corrected chi connectivity index (χ2v) is 6.83. The molecule has 1 saturated heterocycles. The highest BCUT2D eigenvalue weighted by Gasteiger charge is 2.33. The second kappa shape index (κ2) is 6.08. The molecule has 21 heavy (non-hydrogen) atoms. The Morgan fingerprint density at radius 3 is 2.71 bits per heavy atom. The fraction of sp³-hybridized carbons (Fsp3) is 0.500. The molecule has 1 fully saturated rings. The van der Waals surface area contributed by atoms with Gasteiger partial charge in [0.25, 0.3) is 0 Å². The number of nitriles is 1. The van der Waals surface area contributed by atoms with E-state index in [0.717, 1.165) is 32.6 Å². The molecule has 4 nitrogen and oxygen atoms in total. The third-order valence-electron chi connectivity index (χ3n) is 4.28. The van der Waals surface area contributed by atoms with Gasteiger partial charge in [-0.1, -0.05) is 18.2 Å². The maximum Gasteiger partial charge on any atom is 0.236 e. The topological polar surface area (TPSA) is 47.3 Å². The van der Waals surface area contributed by atoms with Crippen molar-refractivity contribution < 1.29 is 4.79 Å². The fourth-order valence-corrected chi connectivity index (χ4v) is 4.21. The van der Waals surface area contributed by atoms with E-state index in [1.165, 1.54) is 10.5 Å². The van der Waals surface area contributed by atoms with E-state index in [9.17, 15) is 4.79 Å². The van der Waals surface area contributed by atoms with Gasteiger partial charge < -0.3 is 4.90 Å². The molecule has 2 aliphatic heterocycles. The molecule has 0 radical (unpaired) electrons. The molecule has 0 spiro atoms. The molecule has 1 amide bonds. The SMILES string of the molecule is CC(C#N)N1CCN(C(=O)C2Cc3ccccc3S2)CC1. The van der Waals surface area contributed by atoms with Gasteiger partial charge >= 0.3 is 0 Å². The Kier molecular flexibility index (Phi) is 4.18. The number of carbonyl (C=O) groups is 1. The van der Waals surface area contributed by atoms with Crippen LogP contribution >= 0.6 is 11.8 Å². The van der Waals surface area contributed by atoms with E-state index in [1.807, 2.05) is 24.0 Å². The lowest BCUT2D eigenvalue weighted by Gasteiger charge is -2.36. The molecule has 0 aromatic heterocycles. The van der Waals surface area contributed by atoms with Gasteiger partial charge in [-0.05, 0) is 25.0 Å². The molecule has 1 aromatic carbocycles. The molecular formula is C16H19N3OS. The first kappa shape index (κ1) is 14.4. The molecule has 3 rings (SSSR count). The zero-order valence-electron chi connectivity index (χ0n) is 12.2. The van der Waals surface area contributed by atoms with Crippen LogP contribution in [0.5, 0.6) is 0 Å². The summed E-state index contributed by atoms with van der Waals surface area (Å²) in [5.41, 5.74) is 1.29. The predicted octanol–water partition coefficient (Wildman–Crippen LogP) is 1.76. The lowest BCUT2D eigenvalue weighted by molar-refractivity contribution is -0.132. The summed E-state index contributed by atoms with van der Waals surface area (Å²) in [6, 6.07) is 10.5. The summed E-state index contributed by atoms with van der Waals surface area (Å²) < 4.78 is 0. The Hall–Kier alpha value is -1.51. The van der Waals surface area contributed by atoms with E-state index in [0.29, 0.717) is 0 Å². The van der Waals surface area contributed by atoms with Crippen LogP contribution in [0.2, 0.25) is 0 Å². The quantitative estimate of drug-likeness (QED) is 0.835. The van der Waals surface area contributed by atoms with Crippen LogP contribution in [0, 0.1) is 11.3 Å². The van der Waals surface area contributed by atoms with Gasteiger partial charge in [-0.15, -0.1) is 11.8 Å². The van der Waals surface area contributed by atoms with Gasteiger partial charge in [0.1, 0.15) is 0 Å². The number of nitrogens with zero attached hydrogens (tertiary/aromatic N) is 3. The summed E-state index contributed by atoms with van der Waals surface area (Å²) in [5, 5.41) is 8.99. The standard InChI is InChI=1S/C16H19N3OS/c1-12(11-17)18-6-8-19(9-7-18)16(20)15-10-13-4-2-3-5-14(13)21-15/h2-5,12,15H,6-10H2,1H3. The average molecular weight is 301 g/mol. The normalized spacial score (nSPS) is 23.4. The number of fused-ring (bicyclic) bond motifs is 1. The second-order valence-electron chi connectivity index (χ2n) is 5.58. The van der Waals surface area contributed by atoms with Crippen LogP contribution in [-0.2, 0) is 11.2 Å². The molecule has 0 bridgehead atoms. The van der Waals surface area contributed by atoms with Gasteiger partial charge in [0, 0.05) is 31.1 Å². The minimum atomic E-state index is -0.0626. The highest BCUT2D eigenvalue weighted by Crippen LogP contribution is 2.37.